The Morgan fingerprint density at radius 2 is 1.57 bits per heavy atom. The Morgan fingerprint density at radius 1 is 1.00 bits per heavy atom. The number of amides is 3. The summed E-state index contributed by atoms with van der Waals surface area (Å²) in [5.41, 5.74) is 5.43. The first-order valence-electron chi connectivity index (χ1n) is 9.08. The van der Waals surface area contributed by atoms with E-state index in [1.165, 1.54) is 18.7 Å². The molecule has 0 bridgehead atoms. The van der Waals surface area contributed by atoms with E-state index >= 15 is 0 Å². The van der Waals surface area contributed by atoms with Crippen molar-refractivity contribution in [3.8, 4) is 0 Å². The molecule has 28 heavy (non-hydrogen) atoms. The molecule has 11 heteroatoms. The quantitative estimate of drug-likeness (QED) is 0.213. The van der Waals surface area contributed by atoms with Gasteiger partial charge in [0.2, 0.25) is 17.7 Å². The number of carbonyl (C=O) groups excluding carboxylic acids is 3. The molecule has 0 aromatic rings. The first kappa shape index (κ1) is 26.1. The van der Waals surface area contributed by atoms with Crippen LogP contribution in [0.3, 0.4) is 0 Å². The number of nitrogens with one attached hydrogen (secondary N) is 3. The SMILES string of the molecule is CCC(C)C(NC(=O)C(CO)NC(=O)C(C)N)C(=O)NC(CCSC)C(=O)O. The molecule has 7 N–H and O–H groups in total. The molecule has 0 aliphatic carbocycles. The maximum absolute atomic E-state index is 12.6. The topological polar surface area (TPSA) is 171 Å². The van der Waals surface area contributed by atoms with Gasteiger partial charge in [-0.25, -0.2) is 4.79 Å². The van der Waals surface area contributed by atoms with E-state index < -0.39 is 54.5 Å². The number of nitrogens with two attached hydrogens (primary N) is 1. The molecule has 5 unspecified atom stereocenters. The zero-order chi connectivity index (χ0) is 21.9. The zero-order valence-electron chi connectivity index (χ0n) is 16.7. The summed E-state index contributed by atoms with van der Waals surface area (Å²) in [6.45, 7) is 4.31. The molecule has 162 valence electrons. The number of aliphatic hydroxyl groups is 1. The van der Waals surface area contributed by atoms with Crippen molar-refractivity contribution in [3.05, 3.63) is 0 Å². The van der Waals surface area contributed by atoms with Crippen molar-refractivity contribution in [1.82, 2.24) is 16.0 Å². The summed E-state index contributed by atoms with van der Waals surface area (Å²) in [6, 6.07) is -4.24. The van der Waals surface area contributed by atoms with E-state index in [0.717, 1.165) is 0 Å². The molecule has 0 aliphatic heterocycles. The number of aliphatic hydroxyl groups excluding tert-OH is 1. The second kappa shape index (κ2) is 13.3. The molecule has 0 aromatic heterocycles. The lowest BCUT2D eigenvalue weighted by molar-refractivity contribution is -0.142. The molecule has 0 saturated heterocycles. The minimum Gasteiger partial charge on any atom is -0.480 e. The third-order valence-corrected chi connectivity index (χ3v) is 4.89. The normalized spacial score (nSPS) is 16.2. The fourth-order valence-electron chi connectivity index (χ4n) is 2.21. The molecule has 0 aliphatic rings. The molecule has 10 nitrogen and oxygen atoms in total. The number of aliphatic carboxylic acids is 1. The van der Waals surface area contributed by atoms with E-state index in [2.05, 4.69) is 16.0 Å². The van der Waals surface area contributed by atoms with Gasteiger partial charge in [-0.1, -0.05) is 20.3 Å². The predicted octanol–water partition coefficient (Wildman–Crippen LogP) is -1.34. The Hall–Kier alpha value is -1.85. The first-order chi connectivity index (χ1) is 13.1. The van der Waals surface area contributed by atoms with Crippen LogP contribution in [0.1, 0.15) is 33.6 Å². The molecule has 5 atom stereocenters. The van der Waals surface area contributed by atoms with Gasteiger partial charge >= 0.3 is 5.97 Å². The third-order valence-electron chi connectivity index (χ3n) is 4.25. The van der Waals surface area contributed by atoms with Gasteiger partial charge in [0.1, 0.15) is 18.1 Å². The number of hydrogen-bond donors (Lipinski definition) is 6. The summed E-state index contributed by atoms with van der Waals surface area (Å²) in [6.07, 6.45) is 2.61. The smallest absolute Gasteiger partial charge is 0.326 e. The Morgan fingerprint density at radius 3 is 2.00 bits per heavy atom. The molecule has 0 saturated carbocycles. The molecule has 0 fully saturated rings. The molecule has 0 rings (SSSR count). The van der Waals surface area contributed by atoms with Crippen LogP contribution in [0.4, 0.5) is 0 Å². The summed E-state index contributed by atoms with van der Waals surface area (Å²) >= 11 is 1.46. The standard InChI is InChI=1S/C17H32N4O6S/c1-5-9(2)13(16(25)19-11(17(26)27)6-7-28-4)21-15(24)12(8-22)20-14(23)10(3)18/h9-13,22H,5-8,18H2,1-4H3,(H,19,25)(H,20,23)(H,21,24)(H,26,27). The van der Waals surface area contributed by atoms with Crippen LogP contribution in [0.2, 0.25) is 0 Å². The van der Waals surface area contributed by atoms with Crippen LogP contribution in [-0.4, -0.2) is 76.7 Å². The summed E-state index contributed by atoms with van der Waals surface area (Å²) in [5, 5.41) is 25.9. The summed E-state index contributed by atoms with van der Waals surface area (Å²) < 4.78 is 0. The number of rotatable bonds is 13. The van der Waals surface area contributed by atoms with Crippen molar-refractivity contribution in [2.75, 3.05) is 18.6 Å². The molecule has 0 radical (unpaired) electrons. The van der Waals surface area contributed by atoms with Gasteiger partial charge in [-0.05, 0) is 31.3 Å². The highest BCUT2D eigenvalue weighted by Gasteiger charge is 2.32. The van der Waals surface area contributed by atoms with Gasteiger partial charge in [0, 0.05) is 0 Å². The first-order valence-corrected chi connectivity index (χ1v) is 10.5. The van der Waals surface area contributed by atoms with E-state index in [1.54, 1.807) is 6.92 Å². The zero-order valence-corrected chi connectivity index (χ0v) is 17.5. The average molecular weight is 421 g/mol. The minimum absolute atomic E-state index is 0.243. The van der Waals surface area contributed by atoms with Crippen molar-refractivity contribution in [1.29, 1.82) is 0 Å². The Labute approximate surface area is 169 Å². The molecular weight excluding hydrogens is 388 g/mol. The van der Waals surface area contributed by atoms with Crippen LogP contribution >= 0.6 is 11.8 Å². The van der Waals surface area contributed by atoms with E-state index in [0.29, 0.717) is 12.2 Å². The summed E-state index contributed by atoms with van der Waals surface area (Å²) in [5.74, 6) is -2.93. The number of thioether (sulfide) groups is 1. The maximum atomic E-state index is 12.6. The van der Waals surface area contributed by atoms with Gasteiger partial charge in [0.05, 0.1) is 12.6 Å². The highest BCUT2D eigenvalue weighted by atomic mass is 32.2. The number of hydrogen-bond acceptors (Lipinski definition) is 7. The lowest BCUT2D eigenvalue weighted by atomic mass is 9.97. The number of carboxylic acid groups (broad SMARTS) is 1. The summed E-state index contributed by atoms with van der Waals surface area (Å²) in [4.78, 5) is 48.1. The van der Waals surface area contributed by atoms with Gasteiger partial charge in [0.25, 0.3) is 0 Å². The Balaban J connectivity index is 5.23. The highest BCUT2D eigenvalue weighted by molar-refractivity contribution is 7.98. The second-order valence-corrected chi connectivity index (χ2v) is 7.57. The van der Waals surface area contributed by atoms with Crippen LogP contribution in [0, 0.1) is 5.92 Å². The van der Waals surface area contributed by atoms with Crippen LogP contribution in [-0.2, 0) is 19.2 Å². The van der Waals surface area contributed by atoms with Gasteiger partial charge in [-0.15, -0.1) is 0 Å². The summed E-state index contributed by atoms with van der Waals surface area (Å²) in [7, 11) is 0. The Bertz CT molecular complexity index is 546. The molecule has 3 amide bonds. The third kappa shape index (κ3) is 8.89. The van der Waals surface area contributed by atoms with Crippen LogP contribution in [0.15, 0.2) is 0 Å². The largest absolute Gasteiger partial charge is 0.480 e. The fourth-order valence-corrected chi connectivity index (χ4v) is 2.68. The second-order valence-electron chi connectivity index (χ2n) is 6.59. The van der Waals surface area contributed by atoms with E-state index in [-0.39, 0.29) is 12.3 Å². The van der Waals surface area contributed by atoms with Crippen molar-refractivity contribution in [2.24, 2.45) is 11.7 Å². The highest BCUT2D eigenvalue weighted by Crippen LogP contribution is 2.10. The van der Waals surface area contributed by atoms with E-state index in [4.69, 9.17) is 5.73 Å². The van der Waals surface area contributed by atoms with Crippen molar-refractivity contribution >= 4 is 35.5 Å². The van der Waals surface area contributed by atoms with Gasteiger partial charge in [-0.2, -0.15) is 11.8 Å². The lowest BCUT2D eigenvalue weighted by Gasteiger charge is -2.27. The van der Waals surface area contributed by atoms with Crippen molar-refractivity contribution < 1.29 is 29.4 Å². The monoisotopic (exact) mass is 420 g/mol. The minimum atomic E-state index is -1.27. The number of carboxylic acids is 1. The van der Waals surface area contributed by atoms with Crippen LogP contribution in [0.25, 0.3) is 0 Å². The lowest BCUT2D eigenvalue weighted by Crippen LogP contribution is -2.59. The van der Waals surface area contributed by atoms with E-state index in [1.807, 2.05) is 13.2 Å². The average Bonchev–Trinajstić information content (AvgIpc) is 2.65. The van der Waals surface area contributed by atoms with Gasteiger partial charge in [0.15, 0.2) is 0 Å². The Kier molecular flexibility index (Phi) is 12.5. The van der Waals surface area contributed by atoms with Gasteiger partial charge in [-0.3, -0.25) is 14.4 Å². The molecule has 0 aromatic carbocycles. The van der Waals surface area contributed by atoms with Crippen LogP contribution in [0.5, 0.6) is 0 Å². The maximum Gasteiger partial charge on any atom is 0.326 e. The van der Waals surface area contributed by atoms with Gasteiger partial charge < -0.3 is 31.9 Å². The van der Waals surface area contributed by atoms with Crippen molar-refractivity contribution in [3.63, 3.8) is 0 Å². The molecular formula is C17H32N4O6S. The predicted molar refractivity (Wildman–Crippen MR) is 107 cm³/mol. The van der Waals surface area contributed by atoms with Crippen LogP contribution < -0.4 is 21.7 Å². The molecule has 0 spiro atoms. The number of carbonyl (C=O) groups is 4. The van der Waals surface area contributed by atoms with E-state index in [9.17, 15) is 29.4 Å². The molecule has 0 heterocycles. The fraction of sp³-hybridized carbons (Fsp3) is 0.765. The van der Waals surface area contributed by atoms with Crippen molar-refractivity contribution in [2.45, 2.75) is 57.8 Å².